The molecule has 1 aliphatic heterocycles. The molecule has 1 saturated heterocycles. The molecule has 0 amide bonds. The van der Waals surface area contributed by atoms with Crippen LogP contribution >= 0.6 is 0 Å². The lowest BCUT2D eigenvalue weighted by atomic mass is 9.77. The molecule has 2 aromatic rings. The van der Waals surface area contributed by atoms with Crippen molar-refractivity contribution in [3.63, 3.8) is 0 Å². The summed E-state index contributed by atoms with van der Waals surface area (Å²) in [4.78, 5) is 11.3. The van der Waals surface area contributed by atoms with Gasteiger partial charge in [-0.15, -0.1) is 5.10 Å². The van der Waals surface area contributed by atoms with Crippen LogP contribution in [0, 0.1) is 17.8 Å². The van der Waals surface area contributed by atoms with Gasteiger partial charge in [-0.2, -0.15) is 4.98 Å². The van der Waals surface area contributed by atoms with Gasteiger partial charge >= 0.3 is 0 Å². The largest absolute Gasteiger partial charge is 0.481 e. The maximum atomic E-state index is 6.44. The number of anilines is 1. The van der Waals surface area contributed by atoms with Gasteiger partial charge in [0.2, 0.25) is 11.8 Å². The number of nitrogens with zero attached hydrogens (tertiary/aromatic N) is 6. The molecule has 9 nitrogen and oxygen atoms in total. The molecule has 2 aromatic heterocycles. The molecule has 2 saturated carbocycles. The summed E-state index contributed by atoms with van der Waals surface area (Å²) < 4.78 is 18.9. The lowest BCUT2D eigenvalue weighted by Gasteiger charge is -2.37. The number of methoxy groups -OCH3 is 2. The van der Waals surface area contributed by atoms with Gasteiger partial charge in [-0.25, -0.2) is 9.67 Å². The minimum atomic E-state index is 0.162. The lowest BCUT2D eigenvalue weighted by molar-refractivity contribution is -0.0375. The van der Waals surface area contributed by atoms with Gasteiger partial charge in [0.25, 0.3) is 0 Å². The molecule has 0 radical (unpaired) electrons. The van der Waals surface area contributed by atoms with Crippen LogP contribution in [0.1, 0.15) is 37.4 Å². The fourth-order valence-electron chi connectivity index (χ4n) is 4.84. The Labute approximate surface area is 176 Å². The maximum Gasteiger partial charge on any atom is 0.228 e. The molecule has 3 aliphatic rings. The number of ether oxygens (including phenoxy) is 3. The Morgan fingerprint density at radius 3 is 2.73 bits per heavy atom. The third-order valence-electron chi connectivity index (χ3n) is 6.63. The molecular formula is C21H30N6O3. The number of rotatable bonds is 8. The molecule has 4 atom stereocenters. The van der Waals surface area contributed by atoms with Gasteiger partial charge in [-0.1, -0.05) is 5.21 Å². The van der Waals surface area contributed by atoms with E-state index < -0.39 is 0 Å². The molecule has 0 bridgehead atoms. The fraction of sp³-hybridized carbons (Fsp3) is 0.714. The van der Waals surface area contributed by atoms with E-state index in [1.807, 2.05) is 10.9 Å². The molecule has 0 spiro atoms. The van der Waals surface area contributed by atoms with Crippen molar-refractivity contribution in [3.05, 3.63) is 24.2 Å². The van der Waals surface area contributed by atoms with Crippen LogP contribution in [0.3, 0.4) is 0 Å². The van der Waals surface area contributed by atoms with Crippen LogP contribution in [0.15, 0.2) is 18.5 Å². The van der Waals surface area contributed by atoms with Crippen molar-refractivity contribution in [2.75, 3.05) is 38.8 Å². The Morgan fingerprint density at radius 2 is 1.97 bits per heavy atom. The molecule has 2 aliphatic carbocycles. The van der Waals surface area contributed by atoms with Crippen LogP contribution in [-0.2, 0) is 16.1 Å². The first-order valence-electron chi connectivity index (χ1n) is 10.9. The van der Waals surface area contributed by atoms with Gasteiger partial charge in [0.1, 0.15) is 5.69 Å². The van der Waals surface area contributed by atoms with Crippen molar-refractivity contribution in [1.82, 2.24) is 25.0 Å². The van der Waals surface area contributed by atoms with E-state index in [2.05, 4.69) is 25.2 Å². The predicted octanol–water partition coefficient (Wildman–Crippen LogP) is 2.11. The Morgan fingerprint density at radius 1 is 1.13 bits per heavy atom. The molecular weight excluding hydrogens is 384 g/mol. The van der Waals surface area contributed by atoms with Crippen LogP contribution in [0.5, 0.6) is 5.88 Å². The summed E-state index contributed by atoms with van der Waals surface area (Å²) in [6.07, 6.45) is 8.59. The summed E-state index contributed by atoms with van der Waals surface area (Å²) in [6, 6.07) is 1.99. The van der Waals surface area contributed by atoms with Gasteiger partial charge in [0.15, 0.2) is 0 Å². The van der Waals surface area contributed by atoms with Crippen molar-refractivity contribution in [2.45, 2.75) is 44.4 Å². The Kier molecular flexibility index (Phi) is 5.56. The zero-order valence-electron chi connectivity index (χ0n) is 17.7. The van der Waals surface area contributed by atoms with Crippen molar-refractivity contribution < 1.29 is 14.2 Å². The molecule has 30 heavy (non-hydrogen) atoms. The van der Waals surface area contributed by atoms with Gasteiger partial charge in [-0.3, -0.25) is 0 Å². The molecule has 0 aromatic carbocycles. The van der Waals surface area contributed by atoms with E-state index in [0.717, 1.165) is 50.1 Å². The molecule has 0 unspecified atom stereocenters. The molecule has 9 heteroatoms. The Hall–Kier alpha value is -2.26. The van der Waals surface area contributed by atoms with Crippen LogP contribution in [0.25, 0.3) is 0 Å². The van der Waals surface area contributed by atoms with Gasteiger partial charge in [0.05, 0.1) is 32.1 Å². The normalized spacial score (nSPS) is 28.5. The summed E-state index contributed by atoms with van der Waals surface area (Å²) in [5.41, 5.74) is 0.860. The van der Waals surface area contributed by atoms with Gasteiger partial charge in [0, 0.05) is 39.1 Å². The van der Waals surface area contributed by atoms with Crippen molar-refractivity contribution >= 4 is 5.95 Å². The third kappa shape index (κ3) is 4.13. The van der Waals surface area contributed by atoms with Crippen LogP contribution in [0.4, 0.5) is 5.95 Å². The fourth-order valence-corrected chi connectivity index (χ4v) is 4.84. The highest BCUT2D eigenvalue weighted by Gasteiger charge is 2.45. The highest BCUT2D eigenvalue weighted by atomic mass is 16.5. The van der Waals surface area contributed by atoms with Gasteiger partial charge < -0.3 is 19.1 Å². The first kappa shape index (κ1) is 19.7. The molecule has 5 rings (SSSR count). The Balaban J connectivity index is 1.33. The number of aromatic nitrogens is 5. The van der Waals surface area contributed by atoms with Crippen LogP contribution in [0.2, 0.25) is 0 Å². The predicted molar refractivity (Wildman–Crippen MR) is 109 cm³/mol. The van der Waals surface area contributed by atoms with E-state index in [0.29, 0.717) is 24.3 Å². The van der Waals surface area contributed by atoms with Crippen molar-refractivity contribution in [3.8, 4) is 5.88 Å². The topological polar surface area (TPSA) is 87.4 Å². The smallest absolute Gasteiger partial charge is 0.228 e. The zero-order valence-corrected chi connectivity index (χ0v) is 17.7. The Bertz CT molecular complexity index is 857. The molecule has 3 heterocycles. The average molecular weight is 415 g/mol. The van der Waals surface area contributed by atoms with E-state index in [-0.39, 0.29) is 12.1 Å². The quantitative estimate of drug-likeness (QED) is 0.649. The van der Waals surface area contributed by atoms with E-state index >= 15 is 0 Å². The number of fused-ring (bicyclic) bond motifs is 1. The summed E-state index contributed by atoms with van der Waals surface area (Å²) in [7, 11) is 3.32. The van der Waals surface area contributed by atoms with Crippen molar-refractivity contribution in [2.24, 2.45) is 17.8 Å². The van der Waals surface area contributed by atoms with Crippen LogP contribution < -0.4 is 9.64 Å². The highest BCUT2D eigenvalue weighted by molar-refractivity contribution is 5.34. The summed E-state index contributed by atoms with van der Waals surface area (Å²) >= 11 is 0. The molecule has 3 fully saturated rings. The average Bonchev–Trinajstić information content (AvgIpc) is 3.32. The van der Waals surface area contributed by atoms with E-state index in [9.17, 15) is 0 Å². The molecule has 162 valence electrons. The van der Waals surface area contributed by atoms with E-state index in [1.165, 1.54) is 12.8 Å². The zero-order chi connectivity index (χ0) is 20.5. The van der Waals surface area contributed by atoms with Crippen LogP contribution in [-0.4, -0.2) is 65.0 Å². The van der Waals surface area contributed by atoms with E-state index in [4.69, 9.17) is 14.2 Å². The SMILES string of the molecule is COCc1cn([C@@H]2C[C@@H]3CN(c4nccc(OC)n4)C[C@@H]3C[C@H]2OCC2CC2)nn1. The second kappa shape index (κ2) is 8.47. The first-order chi connectivity index (χ1) is 14.7. The maximum absolute atomic E-state index is 6.44. The standard InChI is InChI=1S/C21H30N6O3/c1-28-13-17-11-27(25-24-17)18-7-15-9-26(21-22-6-5-20(23-21)29-2)10-16(15)8-19(18)30-12-14-3-4-14/h5-6,11,14-16,18-19H,3-4,7-10,12-13H2,1-2H3/t15-,16+,18-,19-/m1/s1. The molecule has 0 N–H and O–H groups in total. The minimum absolute atomic E-state index is 0.162. The third-order valence-corrected chi connectivity index (χ3v) is 6.63. The minimum Gasteiger partial charge on any atom is -0.481 e. The monoisotopic (exact) mass is 414 g/mol. The summed E-state index contributed by atoms with van der Waals surface area (Å²) in [5.74, 6) is 3.22. The second-order valence-electron chi connectivity index (χ2n) is 8.80. The summed E-state index contributed by atoms with van der Waals surface area (Å²) in [6.45, 7) is 3.25. The second-order valence-corrected chi connectivity index (χ2v) is 8.80. The highest BCUT2D eigenvalue weighted by Crippen LogP contribution is 2.44. The van der Waals surface area contributed by atoms with E-state index in [1.54, 1.807) is 26.5 Å². The number of hydrogen-bond donors (Lipinski definition) is 0. The summed E-state index contributed by atoms with van der Waals surface area (Å²) in [5, 5.41) is 8.70. The number of hydrogen-bond acceptors (Lipinski definition) is 8. The first-order valence-corrected chi connectivity index (χ1v) is 10.9. The van der Waals surface area contributed by atoms with Crippen molar-refractivity contribution in [1.29, 1.82) is 0 Å². The van der Waals surface area contributed by atoms with Gasteiger partial charge in [-0.05, 0) is 43.4 Å². The lowest BCUT2D eigenvalue weighted by Crippen LogP contribution is -2.38.